The largest absolute Gasteiger partial charge is 0.491 e. The lowest BCUT2D eigenvalue weighted by molar-refractivity contribution is 0.0758. The summed E-state index contributed by atoms with van der Waals surface area (Å²) in [6, 6.07) is 7.18. The van der Waals surface area contributed by atoms with Crippen LogP contribution in [0, 0.1) is 0 Å². The van der Waals surface area contributed by atoms with Gasteiger partial charge in [0.05, 0.1) is 0 Å². The van der Waals surface area contributed by atoms with E-state index in [4.69, 9.17) is 15.6 Å². The van der Waals surface area contributed by atoms with Gasteiger partial charge in [-0.25, -0.2) is 0 Å². The number of hydrogen-bond acceptors (Lipinski definition) is 5. The molecule has 5 heteroatoms. The minimum absolute atomic E-state index is 0.250. The van der Waals surface area contributed by atoms with Crippen LogP contribution in [0.2, 0.25) is 0 Å². The molecule has 0 saturated carbocycles. The number of ether oxygens (including phenoxy) is 1. The second-order valence-electron chi connectivity index (χ2n) is 5.08. The lowest BCUT2D eigenvalue weighted by Gasteiger charge is -2.20. The van der Waals surface area contributed by atoms with Crippen LogP contribution in [-0.4, -0.2) is 54.6 Å². The average Bonchev–Trinajstić information content (AvgIpc) is 2.41. The topological polar surface area (TPSA) is 79.0 Å². The molecule has 0 spiro atoms. The molecule has 1 atom stereocenters. The first-order valence-corrected chi connectivity index (χ1v) is 7.07. The molecule has 0 aromatic heterocycles. The zero-order chi connectivity index (χ0) is 14.8. The quantitative estimate of drug-likeness (QED) is 0.442. The van der Waals surface area contributed by atoms with E-state index in [1.165, 1.54) is 0 Å². The predicted molar refractivity (Wildman–Crippen MR) is 80.8 cm³/mol. The highest BCUT2D eigenvalue weighted by Gasteiger charge is 2.09. The minimum Gasteiger partial charge on any atom is -0.491 e. The average molecular weight is 282 g/mol. The van der Waals surface area contributed by atoms with Gasteiger partial charge < -0.3 is 25.6 Å². The highest BCUT2D eigenvalue weighted by molar-refractivity contribution is 5.43. The maximum absolute atomic E-state index is 9.91. The number of anilines is 1. The summed E-state index contributed by atoms with van der Waals surface area (Å²) in [6.07, 6.45) is 2.35. The molecule has 114 valence electrons. The summed E-state index contributed by atoms with van der Waals surface area (Å²) in [6.45, 7) is 1.99. The Morgan fingerprint density at radius 2 is 2.10 bits per heavy atom. The van der Waals surface area contributed by atoms with Crippen molar-refractivity contribution in [3.63, 3.8) is 0 Å². The summed E-state index contributed by atoms with van der Waals surface area (Å²) >= 11 is 0. The van der Waals surface area contributed by atoms with Crippen molar-refractivity contribution >= 4 is 5.69 Å². The van der Waals surface area contributed by atoms with Crippen LogP contribution >= 0.6 is 0 Å². The number of hydrogen-bond donors (Lipinski definition) is 3. The lowest BCUT2D eigenvalue weighted by atomic mass is 10.2. The smallest absolute Gasteiger partial charge is 0.121 e. The van der Waals surface area contributed by atoms with Gasteiger partial charge in [0.15, 0.2) is 0 Å². The van der Waals surface area contributed by atoms with E-state index in [2.05, 4.69) is 4.90 Å². The van der Waals surface area contributed by atoms with Crippen molar-refractivity contribution in [2.75, 3.05) is 39.1 Å². The highest BCUT2D eigenvalue weighted by atomic mass is 16.5. The Kier molecular flexibility index (Phi) is 8.02. The maximum atomic E-state index is 9.91. The van der Waals surface area contributed by atoms with Gasteiger partial charge in [-0.05, 0) is 45.0 Å². The van der Waals surface area contributed by atoms with Crippen LogP contribution < -0.4 is 10.5 Å². The van der Waals surface area contributed by atoms with Gasteiger partial charge in [0.2, 0.25) is 0 Å². The number of aliphatic hydroxyl groups excluding tert-OH is 2. The van der Waals surface area contributed by atoms with Crippen molar-refractivity contribution in [3.05, 3.63) is 24.3 Å². The third-order valence-corrected chi connectivity index (χ3v) is 3.02. The van der Waals surface area contributed by atoms with Crippen LogP contribution in [0.5, 0.6) is 5.75 Å². The number of nitrogen functional groups attached to an aromatic ring is 1. The molecule has 0 fully saturated rings. The standard InChI is InChI=1S/C15H26N2O3/c1-17(8-3-2-4-9-18)11-14(19)12-20-15-7-5-6-13(16)10-15/h5-7,10,14,18-19H,2-4,8-9,11-12,16H2,1H3. The van der Waals surface area contributed by atoms with E-state index in [9.17, 15) is 5.11 Å². The molecule has 0 heterocycles. The van der Waals surface area contributed by atoms with Gasteiger partial charge in [0.1, 0.15) is 18.5 Å². The molecule has 1 aromatic rings. The van der Waals surface area contributed by atoms with Gasteiger partial charge in [-0.15, -0.1) is 0 Å². The predicted octanol–water partition coefficient (Wildman–Crippen LogP) is 1.10. The lowest BCUT2D eigenvalue weighted by Crippen LogP contribution is -2.33. The number of nitrogens with zero attached hydrogens (tertiary/aromatic N) is 1. The first-order chi connectivity index (χ1) is 9.61. The summed E-state index contributed by atoms with van der Waals surface area (Å²) < 4.78 is 5.50. The van der Waals surface area contributed by atoms with Crippen LogP contribution in [0.15, 0.2) is 24.3 Å². The number of likely N-dealkylation sites (N-methyl/N-ethyl adjacent to an activating group) is 1. The molecule has 1 aromatic carbocycles. The fourth-order valence-corrected chi connectivity index (χ4v) is 1.97. The zero-order valence-corrected chi connectivity index (χ0v) is 12.2. The first-order valence-electron chi connectivity index (χ1n) is 7.07. The molecule has 5 nitrogen and oxygen atoms in total. The Bertz CT molecular complexity index is 374. The number of rotatable bonds is 10. The van der Waals surface area contributed by atoms with Gasteiger partial charge >= 0.3 is 0 Å². The zero-order valence-electron chi connectivity index (χ0n) is 12.2. The fourth-order valence-electron chi connectivity index (χ4n) is 1.97. The van der Waals surface area contributed by atoms with Gasteiger partial charge in [-0.1, -0.05) is 6.07 Å². The number of nitrogens with two attached hydrogens (primary N) is 1. The van der Waals surface area contributed by atoms with Crippen LogP contribution in [0.25, 0.3) is 0 Å². The number of benzene rings is 1. The molecule has 4 N–H and O–H groups in total. The Morgan fingerprint density at radius 1 is 1.30 bits per heavy atom. The van der Waals surface area contributed by atoms with E-state index in [0.29, 0.717) is 18.0 Å². The van der Waals surface area contributed by atoms with Gasteiger partial charge in [0.25, 0.3) is 0 Å². The molecule has 0 aliphatic rings. The van der Waals surface area contributed by atoms with Crippen molar-refractivity contribution in [3.8, 4) is 5.75 Å². The maximum Gasteiger partial charge on any atom is 0.121 e. The van der Waals surface area contributed by atoms with Crippen molar-refractivity contribution in [2.45, 2.75) is 25.4 Å². The molecule has 0 aliphatic carbocycles. The van der Waals surface area contributed by atoms with Gasteiger partial charge in [-0.2, -0.15) is 0 Å². The molecule has 0 radical (unpaired) electrons. The van der Waals surface area contributed by atoms with Crippen molar-refractivity contribution in [2.24, 2.45) is 0 Å². The molecule has 0 saturated heterocycles. The Labute approximate surface area is 121 Å². The summed E-state index contributed by atoms with van der Waals surface area (Å²) in [5.74, 6) is 0.676. The number of aliphatic hydroxyl groups is 2. The Balaban J connectivity index is 2.17. The first kappa shape index (κ1) is 16.8. The van der Waals surface area contributed by atoms with E-state index in [0.717, 1.165) is 25.8 Å². The minimum atomic E-state index is -0.528. The van der Waals surface area contributed by atoms with E-state index >= 15 is 0 Å². The molecule has 0 aliphatic heterocycles. The molecule has 20 heavy (non-hydrogen) atoms. The monoisotopic (exact) mass is 282 g/mol. The normalized spacial score (nSPS) is 12.6. The third kappa shape index (κ3) is 7.33. The van der Waals surface area contributed by atoms with Crippen molar-refractivity contribution < 1.29 is 14.9 Å². The summed E-state index contributed by atoms with van der Waals surface area (Å²) in [4.78, 5) is 2.07. The second kappa shape index (κ2) is 9.58. The second-order valence-corrected chi connectivity index (χ2v) is 5.08. The van der Waals surface area contributed by atoms with Crippen LogP contribution in [-0.2, 0) is 0 Å². The molecule has 0 amide bonds. The summed E-state index contributed by atoms with van der Waals surface area (Å²) in [5.41, 5.74) is 6.31. The number of unbranched alkanes of at least 4 members (excludes halogenated alkanes) is 2. The van der Waals surface area contributed by atoms with Crippen LogP contribution in [0.3, 0.4) is 0 Å². The summed E-state index contributed by atoms with van der Waals surface area (Å²) in [5, 5.41) is 18.6. The molecular formula is C15H26N2O3. The van der Waals surface area contributed by atoms with Crippen molar-refractivity contribution in [1.82, 2.24) is 4.90 Å². The van der Waals surface area contributed by atoms with E-state index < -0.39 is 6.10 Å². The highest BCUT2D eigenvalue weighted by Crippen LogP contribution is 2.14. The van der Waals surface area contributed by atoms with E-state index in [1.54, 1.807) is 12.1 Å². The third-order valence-electron chi connectivity index (χ3n) is 3.02. The SMILES string of the molecule is CN(CCCCCO)CC(O)COc1cccc(N)c1. The molecule has 0 bridgehead atoms. The van der Waals surface area contributed by atoms with Crippen LogP contribution in [0.4, 0.5) is 5.69 Å². The van der Waals surface area contributed by atoms with Gasteiger partial charge in [-0.3, -0.25) is 0 Å². The Hall–Kier alpha value is -1.30. The van der Waals surface area contributed by atoms with Gasteiger partial charge in [0, 0.05) is 24.9 Å². The molecule has 1 rings (SSSR count). The van der Waals surface area contributed by atoms with E-state index in [-0.39, 0.29) is 13.2 Å². The molecule has 1 unspecified atom stereocenters. The fraction of sp³-hybridized carbons (Fsp3) is 0.600. The molecular weight excluding hydrogens is 256 g/mol. The van der Waals surface area contributed by atoms with Crippen molar-refractivity contribution in [1.29, 1.82) is 0 Å². The van der Waals surface area contributed by atoms with Crippen LogP contribution in [0.1, 0.15) is 19.3 Å². The van der Waals surface area contributed by atoms with E-state index in [1.807, 2.05) is 19.2 Å². The Morgan fingerprint density at radius 3 is 2.80 bits per heavy atom. The summed E-state index contributed by atoms with van der Waals surface area (Å²) in [7, 11) is 1.97.